The molecule has 0 saturated carbocycles. The van der Waals surface area contributed by atoms with E-state index < -0.39 is 23.7 Å². The summed E-state index contributed by atoms with van der Waals surface area (Å²) in [5, 5.41) is 2.69. The fourth-order valence-electron chi connectivity index (χ4n) is 4.09. The van der Waals surface area contributed by atoms with Crippen LogP contribution in [0, 0.1) is 0 Å². The average molecular weight is 568 g/mol. The third-order valence-electron chi connectivity index (χ3n) is 6.12. The number of hydrogen-bond donors (Lipinski definition) is 1. The Labute approximate surface area is 247 Å². The van der Waals surface area contributed by atoms with E-state index in [9.17, 15) is 9.59 Å². The van der Waals surface area contributed by atoms with E-state index in [0.717, 1.165) is 22.3 Å². The van der Waals surface area contributed by atoms with Gasteiger partial charge in [0.2, 0.25) is 0 Å². The molecule has 4 aromatic rings. The third-order valence-corrected chi connectivity index (χ3v) is 6.12. The summed E-state index contributed by atoms with van der Waals surface area (Å²) >= 11 is 0. The van der Waals surface area contributed by atoms with Crippen molar-refractivity contribution in [1.82, 2.24) is 5.32 Å². The maximum absolute atomic E-state index is 13.2. The summed E-state index contributed by atoms with van der Waals surface area (Å²) in [6, 6.07) is 33.6. The molecule has 0 saturated heterocycles. The fraction of sp³-hybridized carbons (Fsp3) is 0.257. The van der Waals surface area contributed by atoms with Gasteiger partial charge in [-0.25, -0.2) is 9.59 Å². The van der Waals surface area contributed by atoms with Gasteiger partial charge in [-0.1, -0.05) is 97.1 Å². The zero-order valence-corrected chi connectivity index (χ0v) is 24.2. The van der Waals surface area contributed by atoms with Crippen molar-refractivity contribution in [3.8, 4) is 11.5 Å². The van der Waals surface area contributed by atoms with Crippen LogP contribution in [0.1, 0.15) is 43.0 Å². The SMILES string of the molecule is CC(C)(C)OC(=O)N[C@@H](Cc1ccc(OCc2ccccc2)c(OCc2ccccc2)c1)C(=O)OCc1ccccc1. The number of carbonyl (C=O) groups is 2. The van der Waals surface area contributed by atoms with Crippen molar-refractivity contribution in [3.63, 3.8) is 0 Å². The van der Waals surface area contributed by atoms with E-state index in [1.807, 2.05) is 109 Å². The lowest BCUT2D eigenvalue weighted by molar-refractivity contribution is -0.147. The van der Waals surface area contributed by atoms with Gasteiger partial charge in [0.05, 0.1) is 0 Å². The number of carbonyl (C=O) groups excluding carboxylic acids is 2. The van der Waals surface area contributed by atoms with Crippen molar-refractivity contribution in [2.45, 2.75) is 58.7 Å². The predicted molar refractivity (Wildman–Crippen MR) is 161 cm³/mol. The van der Waals surface area contributed by atoms with Crippen molar-refractivity contribution in [2.75, 3.05) is 0 Å². The van der Waals surface area contributed by atoms with Crippen LogP contribution in [0.25, 0.3) is 0 Å². The van der Waals surface area contributed by atoms with Crippen molar-refractivity contribution in [1.29, 1.82) is 0 Å². The molecular formula is C35H37NO6. The monoisotopic (exact) mass is 567 g/mol. The zero-order valence-electron chi connectivity index (χ0n) is 24.2. The number of esters is 1. The summed E-state index contributed by atoms with van der Waals surface area (Å²) in [5.41, 5.74) is 2.91. The van der Waals surface area contributed by atoms with Crippen LogP contribution in [0.15, 0.2) is 109 Å². The molecule has 7 heteroatoms. The van der Waals surface area contributed by atoms with Crippen LogP contribution in [-0.2, 0) is 40.5 Å². The quantitative estimate of drug-likeness (QED) is 0.185. The smallest absolute Gasteiger partial charge is 0.408 e. The Bertz CT molecular complexity index is 1420. The van der Waals surface area contributed by atoms with E-state index in [1.54, 1.807) is 20.8 Å². The molecule has 0 radical (unpaired) electrons. The molecule has 4 rings (SSSR count). The Morgan fingerprint density at radius 1 is 0.643 bits per heavy atom. The topological polar surface area (TPSA) is 83.1 Å². The lowest BCUT2D eigenvalue weighted by atomic mass is 10.1. The maximum Gasteiger partial charge on any atom is 0.408 e. The highest BCUT2D eigenvalue weighted by Gasteiger charge is 2.26. The van der Waals surface area contributed by atoms with E-state index >= 15 is 0 Å². The number of rotatable bonds is 12. The van der Waals surface area contributed by atoms with Crippen LogP contribution in [0.2, 0.25) is 0 Å². The fourth-order valence-corrected chi connectivity index (χ4v) is 4.09. The Morgan fingerprint density at radius 3 is 1.67 bits per heavy atom. The minimum atomic E-state index is -0.985. The highest BCUT2D eigenvalue weighted by Crippen LogP contribution is 2.31. The second-order valence-corrected chi connectivity index (χ2v) is 10.8. The second kappa shape index (κ2) is 14.7. The largest absolute Gasteiger partial charge is 0.485 e. The summed E-state index contributed by atoms with van der Waals surface area (Å²) in [7, 11) is 0. The first-order valence-electron chi connectivity index (χ1n) is 13.9. The van der Waals surface area contributed by atoms with E-state index in [1.165, 1.54) is 0 Å². The first-order chi connectivity index (χ1) is 20.2. The molecule has 218 valence electrons. The molecular weight excluding hydrogens is 530 g/mol. The van der Waals surface area contributed by atoms with Crippen molar-refractivity contribution in [2.24, 2.45) is 0 Å². The average Bonchev–Trinajstić information content (AvgIpc) is 2.98. The lowest BCUT2D eigenvalue weighted by Crippen LogP contribution is -2.45. The van der Waals surface area contributed by atoms with Crippen LogP contribution in [-0.4, -0.2) is 23.7 Å². The number of ether oxygens (including phenoxy) is 4. The van der Waals surface area contributed by atoms with Gasteiger partial charge in [0.25, 0.3) is 0 Å². The Morgan fingerprint density at radius 2 is 1.14 bits per heavy atom. The van der Waals surface area contributed by atoms with Crippen LogP contribution in [0.4, 0.5) is 4.79 Å². The van der Waals surface area contributed by atoms with Gasteiger partial charge in [0.1, 0.15) is 31.5 Å². The molecule has 0 aliphatic carbocycles. The summed E-state index contributed by atoms with van der Waals surface area (Å²) in [5.74, 6) is 0.531. The van der Waals surface area contributed by atoms with Gasteiger partial charge in [-0.05, 0) is 55.2 Å². The van der Waals surface area contributed by atoms with Crippen molar-refractivity contribution >= 4 is 12.1 Å². The molecule has 1 N–H and O–H groups in total. The Kier molecular flexibility index (Phi) is 10.6. The van der Waals surface area contributed by atoms with Crippen molar-refractivity contribution < 1.29 is 28.5 Å². The van der Waals surface area contributed by atoms with Gasteiger partial charge in [-0.2, -0.15) is 0 Å². The molecule has 0 heterocycles. The minimum Gasteiger partial charge on any atom is -0.485 e. The number of benzene rings is 4. The van der Waals surface area contributed by atoms with E-state index in [0.29, 0.717) is 24.7 Å². The van der Waals surface area contributed by atoms with Crippen LogP contribution < -0.4 is 14.8 Å². The Balaban J connectivity index is 1.53. The van der Waals surface area contributed by atoms with Gasteiger partial charge < -0.3 is 24.3 Å². The highest BCUT2D eigenvalue weighted by molar-refractivity contribution is 5.81. The summed E-state index contributed by atoms with van der Waals surface area (Å²) in [4.78, 5) is 25.8. The normalized spacial score (nSPS) is 11.7. The molecule has 7 nitrogen and oxygen atoms in total. The molecule has 1 amide bonds. The minimum absolute atomic E-state index is 0.0872. The molecule has 0 unspecified atom stereocenters. The number of hydrogen-bond acceptors (Lipinski definition) is 6. The van der Waals surface area contributed by atoms with Crippen molar-refractivity contribution in [3.05, 3.63) is 131 Å². The molecule has 0 fully saturated rings. The summed E-state index contributed by atoms with van der Waals surface area (Å²) < 4.78 is 23.3. The van der Waals surface area contributed by atoms with Gasteiger partial charge >= 0.3 is 12.1 Å². The predicted octanol–water partition coefficient (Wildman–Crippen LogP) is 7.02. The van der Waals surface area contributed by atoms with Crippen LogP contribution >= 0.6 is 0 Å². The van der Waals surface area contributed by atoms with E-state index in [-0.39, 0.29) is 13.0 Å². The number of nitrogens with one attached hydrogen (secondary N) is 1. The van der Waals surface area contributed by atoms with Gasteiger partial charge in [0.15, 0.2) is 11.5 Å². The molecule has 0 aromatic heterocycles. The van der Waals surface area contributed by atoms with Gasteiger partial charge in [-0.15, -0.1) is 0 Å². The zero-order chi connectivity index (χ0) is 29.8. The molecule has 42 heavy (non-hydrogen) atoms. The number of amides is 1. The molecule has 4 aromatic carbocycles. The second-order valence-electron chi connectivity index (χ2n) is 10.8. The Hall–Kier alpha value is -4.78. The summed E-state index contributed by atoms with van der Waals surface area (Å²) in [6.07, 6.45) is -0.541. The van der Waals surface area contributed by atoms with Crippen LogP contribution in [0.5, 0.6) is 11.5 Å². The number of alkyl carbamates (subject to hydrolysis) is 1. The highest BCUT2D eigenvalue weighted by atomic mass is 16.6. The standard InChI is InChI=1S/C35H37NO6/c1-35(2,3)42-34(38)36-30(33(37)41-25-28-17-11-6-12-18-28)21-29-19-20-31(39-23-26-13-7-4-8-14-26)32(22-29)40-24-27-15-9-5-10-16-27/h4-20,22,30H,21,23-25H2,1-3H3,(H,36,38)/t30-/m0/s1. The van der Waals surface area contributed by atoms with E-state index in [4.69, 9.17) is 18.9 Å². The molecule has 1 atom stereocenters. The maximum atomic E-state index is 13.2. The third kappa shape index (κ3) is 10.0. The lowest BCUT2D eigenvalue weighted by Gasteiger charge is -2.23. The van der Waals surface area contributed by atoms with E-state index in [2.05, 4.69) is 5.32 Å². The van der Waals surface area contributed by atoms with Crippen LogP contribution in [0.3, 0.4) is 0 Å². The summed E-state index contributed by atoms with van der Waals surface area (Å²) in [6.45, 7) is 6.09. The van der Waals surface area contributed by atoms with Gasteiger partial charge in [-0.3, -0.25) is 0 Å². The molecule has 0 aliphatic rings. The molecule has 0 bridgehead atoms. The molecule has 0 aliphatic heterocycles. The molecule has 0 spiro atoms. The van der Waals surface area contributed by atoms with Gasteiger partial charge in [0, 0.05) is 6.42 Å². The first-order valence-corrected chi connectivity index (χ1v) is 13.9. The first kappa shape index (κ1) is 30.2.